The summed E-state index contributed by atoms with van der Waals surface area (Å²) >= 11 is 0. The van der Waals surface area contributed by atoms with E-state index in [1.807, 2.05) is 6.07 Å². The summed E-state index contributed by atoms with van der Waals surface area (Å²) in [5.74, 6) is -0.973. The molecule has 0 aromatic rings. The molecule has 4 heteroatoms. The average Bonchev–Trinajstić information content (AvgIpc) is 2.84. The Balaban J connectivity index is 2.53. The van der Waals surface area contributed by atoms with Gasteiger partial charge >= 0.3 is 0 Å². The standard InChI is InChI=1S/C9H12N2O2/c1-6(2)7(12)11-8(13)9(5-10)3-4-9/h6H,3-4H2,1-2H3,(H,11,12,13). The Morgan fingerprint density at radius 2 is 2.00 bits per heavy atom. The van der Waals surface area contributed by atoms with Crippen LogP contribution in [-0.4, -0.2) is 11.8 Å². The van der Waals surface area contributed by atoms with Crippen LogP contribution in [0.1, 0.15) is 26.7 Å². The van der Waals surface area contributed by atoms with Crippen LogP contribution in [0.2, 0.25) is 0 Å². The maximum atomic E-state index is 11.3. The third-order valence-corrected chi connectivity index (χ3v) is 2.16. The molecule has 0 spiro atoms. The smallest absolute Gasteiger partial charge is 0.247 e. The predicted molar refractivity (Wildman–Crippen MR) is 45.3 cm³/mol. The first kappa shape index (κ1) is 9.72. The summed E-state index contributed by atoms with van der Waals surface area (Å²) in [6, 6.07) is 1.93. The Morgan fingerprint density at radius 1 is 1.46 bits per heavy atom. The lowest BCUT2D eigenvalue weighted by atomic mass is 10.1. The summed E-state index contributed by atoms with van der Waals surface area (Å²) < 4.78 is 0. The highest BCUT2D eigenvalue weighted by Gasteiger charge is 2.51. The quantitative estimate of drug-likeness (QED) is 0.676. The van der Waals surface area contributed by atoms with Gasteiger partial charge in [0, 0.05) is 5.92 Å². The zero-order valence-electron chi connectivity index (χ0n) is 7.76. The lowest BCUT2D eigenvalue weighted by molar-refractivity contribution is -0.134. The fourth-order valence-electron chi connectivity index (χ4n) is 0.891. The summed E-state index contributed by atoms with van der Waals surface area (Å²) in [6.45, 7) is 3.41. The zero-order chi connectivity index (χ0) is 10.1. The van der Waals surface area contributed by atoms with Crippen LogP contribution in [0.4, 0.5) is 0 Å². The maximum Gasteiger partial charge on any atom is 0.247 e. The van der Waals surface area contributed by atoms with Crippen molar-refractivity contribution >= 4 is 11.8 Å². The number of nitrogens with one attached hydrogen (secondary N) is 1. The van der Waals surface area contributed by atoms with Gasteiger partial charge in [-0.2, -0.15) is 5.26 Å². The van der Waals surface area contributed by atoms with E-state index in [2.05, 4.69) is 5.32 Å². The molecular weight excluding hydrogens is 168 g/mol. The van der Waals surface area contributed by atoms with Crippen LogP contribution >= 0.6 is 0 Å². The number of rotatable bonds is 2. The first-order valence-electron chi connectivity index (χ1n) is 4.28. The van der Waals surface area contributed by atoms with Crippen molar-refractivity contribution in [1.29, 1.82) is 5.26 Å². The van der Waals surface area contributed by atoms with Crippen LogP contribution in [0.5, 0.6) is 0 Å². The number of carbonyl (C=O) groups excluding carboxylic acids is 2. The number of nitriles is 1. The molecule has 0 radical (unpaired) electrons. The number of nitrogens with zero attached hydrogens (tertiary/aromatic N) is 1. The van der Waals surface area contributed by atoms with Crippen molar-refractivity contribution in [2.75, 3.05) is 0 Å². The Bertz CT molecular complexity index is 284. The van der Waals surface area contributed by atoms with Crippen LogP contribution in [0.3, 0.4) is 0 Å². The van der Waals surface area contributed by atoms with Crippen LogP contribution in [0.15, 0.2) is 0 Å². The summed E-state index contributed by atoms with van der Waals surface area (Å²) in [7, 11) is 0. The molecule has 1 fully saturated rings. The third-order valence-electron chi connectivity index (χ3n) is 2.16. The summed E-state index contributed by atoms with van der Waals surface area (Å²) in [5.41, 5.74) is -0.898. The molecule has 13 heavy (non-hydrogen) atoms. The van der Waals surface area contributed by atoms with Crippen molar-refractivity contribution in [2.24, 2.45) is 11.3 Å². The molecule has 2 amide bonds. The summed E-state index contributed by atoms with van der Waals surface area (Å²) in [6.07, 6.45) is 1.14. The Morgan fingerprint density at radius 3 is 2.31 bits per heavy atom. The van der Waals surface area contributed by atoms with E-state index in [9.17, 15) is 9.59 Å². The predicted octanol–water partition coefficient (Wildman–Crippen LogP) is 0.589. The first-order valence-corrected chi connectivity index (χ1v) is 4.28. The van der Waals surface area contributed by atoms with E-state index in [0.29, 0.717) is 12.8 Å². The molecular formula is C9H12N2O2. The number of hydrogen-bond donors (Lipinski definition) is 1. The van der Waals surface area contributed by atoms with Crippen molar-refractivity contribution < 1.29 is 9.59 Å². The largest absolute Gasteiger partial charge is 0.295 e. The number of imide groups is 1. The van der Waals surface area contributed by atoms with E-state index < -0.39 is 11.3 Å². The van der Waals surface area contributed by atoms with Gasteiger partial charge in [0.1, 0.15) is 5.41 Å². The SMILES string of the molecule is CC(C)C(=O)NC(=O)C1(C#N)CC1. The first-order chi connectivity index (χ1) is 6.02. The van der Waals surface area contributed by atoms with Crippen LogP contribution in [0, 0.1) is 22.7 Å². The van der Waals surface area contributed by atoms with Crippen molar-refractivity contribution in [3.63, 3.8) is 0 Å². The van der Waals surface area contributed by atoms with E-state index in [0.717, 1.165) is 0 Å². The molecule has 1 aliphatic carbocycles. The molecule has 1 N–H and O–H groups in total. The molecule has 4 nitrogen and oxygen atoms in total. The van der Waals surface area contributed by atoms with Crippen LogP contribution in [0.25, 0.3) is 0 Å². The lowest BCUT2D eigenvalue weighted by Crippen LogP contribution is -2.38. The van der Waals surface area contributed by atoms with Gasteiger partial charge in [0.25, 0.3) is 0 Å². The van der Waals surface area contributed by atoms with Crippen molar-refractivity contribution in [1.82, 2.24) is 5.32 Å². The van der Waals surface area contributed by atoms with Gasteiger partial charge in [0.05, 0.1) is 6.07 Å². The second-order valence-electron chi connectivity index (χ2n) is 3.67. The zero-order valence-corrected chi connectivity index (χ0v) is 7.76. The van der Waals surface area contributed by atoms with E-state index in [1.54, 1.807) is 13.8 Å². The minimum Gasteiger partial charge on any atom is -0.295 e. The molecule has 0 aliphatic heterocycles. The van der Waals surface area contributed by atoms with Gasteiger partial charge in [-0.3, -0.25) is 14.9 Å². The number of amides is 2. The molecule has 1 rings (SSSR count). The van der Waals surface area contributed by atoms with Crippen molar-refractivity contribution in [3.05, 3.63) is 0 Å². The Kier molecular flexibility index (Phi) is 2.37. The Labute approximate surface area is 76.9 Å². The fourth-order valence-corrected chi connectivity index (χ4v) is 0.891. The number of hydrogen-bond acceptors (Lipinski definition) is 3. The van der Waals surface area contributed by atoms with Crippen LogP contribution < -0.4 is 5.32 Å². The van der Waals surface area contributed by atoms with E-state index in [4.69, 9.17) is 5.26 Å². The molecule has 0 bridgehead atoms. The highest BCUT2D eigenvalue weighted by molar-refractivity contribution is 6.01. The Hall–Kier alpha value is -1.37. The topological polar surface area (TPSA) is 70.0 Å². The molecule has 0 heterocycles. The van der Waals surface area contributed by atoms with Gasteiger partial charge in [-0.1, -0.05) is 13.8 Å². The van der Waals surface area contributed by atoms with Crippen molar-refractivity contribution in [3.8, 4) is 6.07 Å². The van der Waals surface area contributed by atoms with Gasteiger partial charge in [0.2, 0.25) is 11.8 Å². The van der Waals surface area contributed by atoms with Gasteiger partial charge < -0.3 is 0 Å². The normalized spacial score (nSPS) is 17.7. The molecule has 0 aromatic carbocycles. The fraction of sp³-hybridized carbons (Fsp3) is 0.667. The average molecular weight is 180 g/mol. The van der Waals surface area contributed by atoms with Gasteiger partial charge in [0.15, 0.2) is 0 Å². The molecule has 0 unspecified atom stereocenters. The van der Waals surface area contributed by atoms with Gasteiger partial charge in [-0.25, -0.2) is 0 Å². The monoisotopic (exact) mass is 180 g/mol. The molecule has 1 saturated carbocycles. The lowest BCUT2D eigenvalue weighted by Gasteiger charge is -2.08. The molecule has 0 aromatic heterocycles. The van der Waals surface area contributed by atoms with E-state index in [1.165, 1.54) is 0 Å². The molecule has 70 valence electrons. The highest BCUT2D eigenvalue weighted by atomic mass is 16.2. The minimum atomic E-state index is -0.898. The van der Waals surface area contributed by atoms with Crippen molar-refractivity contribution in [2.45, 2.75) is 26.7 Å². The van der Waals surface area contributed by atoms with E-state index >= 15 is 0 Å². The second kappa shape index (κ2) is 3.17. The molecule has 1 aliphatic rings. The minimum absolute atomic E-state index is 0.224. The van der Waals surface area contributed by atoms with Gasteiger partial charge in [-0.05, 0) is 12.8 Å². The molecule has 0 atom stereocenters. The van der Waals surface area contributed by atoms with Crippen LogP contribution in [-0.2, 0) is 9.59 Å². The summed E-state index contributed by atoms with van der Waals surface area (Å²) in [5, 5.41) is 10.9. The van der Waals surface area contributed by atoms with E-state index in [-0.39, 0.29) is 11.8 Å². The van der Waals surface area contributed by atoms with Gasteiger partial charge in [-0.15, -0.1) is 0 Å². The number of carbonyl (C=O) groups is 2. The second-order valence-corrected chi connectivity index (χ2v) is 3.67. The maximum absolute atomic E-state index is 11.3. The molecule has 0 saturated heterocycles. The highest BCUT2D eigenvalue weighted by Crippen LogP contribution is 2.44. The third kappa shape index (κ3) is 1.86. The summed E-state index contributed by atoms with van der Waals surface area (Å²) in [4.78, 5) is 22.4.